The summed E-state index contributed by atoms with van der Waals surface area (Å²) < 4.78 is 0. The van der Waals surface area contributed by atoms with Crippen LogP contribution < -0.4 is 0 Å². The van der Waals surface area contributed by atoms with Gasteiger partial charge in [-0.25, -0.2) is 0 Å². The first-order chi connectivity index (χ1) is 6.64. The topological polar surface area (TPSA) is 40.5 Å². The van der Waals surface area contributed by atoms with Crippen LogP contribution in [0.25, 0.3) is 0 Å². The molecule has 1 rings (SSSR count). The molecule has 1 aliphatic heterocycles. The molecular formula is C12H23NO2. The minimum Gasteiger partial charge on any atom is -0.391 e. The highest BCUT2D eigenvalue weighted by Crippen LogP contribution is 2.31. The standard InChI is InChI=1S/C12H23NO2/c1-11(2,3)8-10(15)13-7-6-9(14)12(13,4)5/h9,14H,6-8H2,1-5H3. The van der Waals surface area contributed by atoms with Crippen molar-refractivity contribution >= 4 is 5.91 Å². The molecule has 0 radical (unpaired) electrons. The zero-order valence-corrected chi connectivity index (χ0v) is 10.5. The van der Waals surface area contributed by atoms with Gasteiger partial charge in [0.1, 0.15) is 0 Å². The normalized spacial score (nSPS) is 25.7. The molecule has 1 amide bonds. The Kier molecular flexibility index (Phi) is 3.15. The van der Waals surface area contributed by atoms with E-state index in [1.165, 1.54) is 0 Å². The van der Waals surface area contributed by atoms with Crippen LogP contribution in [-0.2, 0) is 4.79 Å². The van der Waals surface area contributed by atoms with E-state index in [0.29, 0.717) is 19.4 Å². The third-order valence-corrected chi connectivity index (χ3v) is 3.12. The van der Waals surface area contributed by atoms with E-state index >= 15 is 0 Å². The fourth-order valence-electron chi connectivity index (χ4n) is 2.07. The molecule has 0 bridgehead atoms. The molecule has 0 aliphatic carbocycles. The minimum absolute atomic E-state index is 0.0146. The van der Waals surface area contributed by atoms with Crippen LogP contribution in [0.2, 0.25) is 0 Å². The quantitative estimate of drug-likeness (QED) is 0.721. The first-order valence-electron chi connectivity index (χ1n) is 5.63. The van der Waals surface area contributed by atoms with Crippen molar-refractivity contribution in [3.8, 4) is 0 Å². The zero-order valence-electron chi connectivity index (χ0n) is 10.5. The Labute approximate surface area is 92.5 Å². The SMILES string of the molecule is CC(C)(C)CC(=O)N1CCC(O)C1(C)C. The molecule has 0 saturated carbocycles. The number of rotatable bonds is 1. The van der Waals surface area contributed by atoms with Crippen molar-refractivity contribution in [3.63, 3.8) is 0 Å². The van der Waals surface area contributed by atoms with Crippen molar-refractivity contribution in [1.29, 1.82) is 0 Å². The molecular weight excluding hydrogens is 190 g/mol. The molecule has 15 heavy (non-hydrogen) atoms. The van der Waals surface area contributed by atoms with E-state index in [1.54, 1.807) is 0 Å². The number of carbonyl (C=O) groups excluding carboxylic acids is 1. The summed E-state index contributed by atoms with van der Waals surface area (Å²) in [5.74, 6) is 0.157. The van der Waals surface area contributed by atoms with Crippen molar-refractivity contribution in [2.75, 3.05) is 6.54 Å². The van der Waals surface area contributed by atoms with Gasteiger partial charge in [0.25, 0.3) is 0 Å². The summed E-state index contributed by atoms with van der Waals surface area (Å²) in [7, 11) is 0. The van der Waals surface area contributed by atoms with Crippen LogP contribution in [0.15, 0.2) is 0 Å². The number of hydrogen-bond donors (Lipinski definition) is 1. The third-order valence-electron chi connectivity index (χ3n) is 3.12. The van der Waals surface area contributed by atoms with Gasteiger partial charge in [-0.1, -0.05) is 20.8 Å². The predicted octanol–water partition coefficient (Wildman–Crippen LogP) is 1.79. The molecule has 1 saturated heterocycles. The van der Waals surface area contributed by atoms with E-state index in [9.17, 15) is 9.90 Å². The van der Waals surface area contributed by atoms with Gasteiger partial charge in [0, 0.05) is 13.0 Å². The Morgan fingerprint density at radius 1 is 1.47 bits per heavy atom. The molecule has 0 aromatic heterocycles. The highest BCUT2D eigenvalue weighted by molar-refractivity contribution is 5.78. The second-order valence-electron chi connectivity index (χ2n) is 6.24. The third kappa shape index (κ3) is 2.71. The van der Waals surface area contributed by atoms with E-state index in [4.69, 9.17) is 0 Å². The highest BCUT2D eigenvalue weighted by Gasteiger charge is 2.43. The lowest BCUT2D eigenvalue weighted by Crippen LogP contribution is -2.48. The van der Waals surface area contributed by atoms with Crippen LogP contribution in [0, 0.1) is 5.41 Å². The van der Waals surface area contributed by atoms with Gasteiger partial charge in [0.2, 0.25) is 5.91 Å². The molecule has 0 spiro atoms. The molecule has 3 nitrogen and oxygen atoms in total. The number of nitrogens with zero attached hydrogens (tertiary/aromatic N) is 1. The number of aliphatic hydroxyl groups is 1. The van der Waals surface area contributed by atoms with Gasteiger partial charge in [-0.2, -0.15) is 0 Å². The summed E-state index contributed by atoms with van der Waals surface area (Å²) in [5.41, 5.74) is -0.386. The number of carbonyl (C=O) groups is 1. The number of aliphatic hydroxyl groups excluding tert-OH is 1. The Morgan fingerprint density at radius 3 is 2.33 bits per heavy atom. The monoisotopic (exact) mass is 213 g/mol. The van der Waals surface area contributed by atoms with Gasteiger partial charge >= 0.3 is 0 Å². The van der Waals surface area contributed by atoms with Gasteiger partial charge in [-0.3, -0.25) is 4.79 Å². The first kappa shape index (κ1) is 12.5. The van der Waals surface area contributed by atoms with Crippen LogP contribution in [0.3, 0.4) is 0 Å². The Morgan fingerprint density at radius 2 is 2.00 bits per heavy atom. The summed E-state index contributed by atoms with van der Waals surface area (Å²) in [4.78, 5) is 13.9. The van der Waals surface area contributed by atoms with Gasteiger partial charge in [-0.15, -0.1) is 0 Å². The summed E-state index contributed by atoms with van der Waals surface area (Å²) in [5, 5.41) is 9.78. The van der Waals surface area contributed by atoms with E-state index in [1.807, 2.05) is 18.7 Å². The maximum Gasteiger partial charge on any atom is 0.223 e. The zero-order chi connectivity index (χ0) is 11.9. The predicted molar refractivity (Wildman–Crippen MR) is 60.5 cm³/mol. The summed E-state index contributed by atoms with van der Waals surface area (Å²) in [6.07, 6.45) is 0.855. The van der Waals surface area contributed by atoms with Crippen LogP contribution in [0.4, 0.5) is 0 Å². The van der Waals surface area contributed by atoms with Crippen LogP contribution in [-0.4, -0.2) is 34.1 Å². The molecule has 1 aliphatic rings. The van der Waals surface area contributed by atoms with E-state index < -0.39 is 5.54 Å². The second kappa shape index (κ2) is 3.78. The highest BCUT2D eigenvalue weighted by atomic mass is 16.3. The Hall–Kier alpha value is -0.570. The molecule has 1 atom stereocenters. The molecule has 0 aromatic carbocycles. The minimum atomic E-state index is -0.400. The van der Waals surface area contributed by atoms with Gasteiger partial charge in [0.15, 0.2) is 0 Å². The number of amides is 1. The number of hydrogen-bond acceptors (Lipinski definition) is 2. The fourth-order valence-corrected chi connectivity index (χ4v) is 2.07. The van der Waals surface area contributed by atoms with Crippen molar-refractivity contribution in [1.82, 2.24) is 4.90 Å². The van der Waals surface area contributed by atoms with Crippen LogP contribution in [0.1, 0.15) is 47.5 Å². The maximum atomic E-state index is 12.0. The van der Waals surface area contributed by atoms with Crippen molar-refractivity contribution < 1.29 is 9.90 Å². The summed E-state index contributed by atoms with van der Waals surface area (Å²) in [6, 6.07) is 0. The molecule has 1 heterocycles. The lowest BCUT2D eigenvalue weighted by Gasteiger charge is -2.35. The summed E-state index contributed by atoms with van der Waals surface area (Å²) >= 11 is 0. The average Bonchev–Trinajstić information content (AvgIpc) is 2.23. The van der Waals surface area contributed by atoms with Crippen molar-refractivity contribution in [2.24, 2.45) is 5.41 Å². The van der Waals surface area contributed by atoms with Gasteiger partial charge in [0.05, 0.1) is 11.6 Å². The lowest BCUT2D eigenvalue weighted by molar-refractivity contribution is -0.138. The molecule has 3 heteroatoms. The van der Waals surface area contributed by atoms with Crippen molar-refractivity contribution in [3.05, 3.63) is 0 Å². The second-order valence-corrected chi connectivity index (χ2v) is 6.24. The van der Waals surface area contributed by atoms with Gasteiger partial charge < -0.3 is 10.0 Å². The van der Waals surface area contributed by atoms with Crippen LogP contribution in [0.5, 0.6) is 0 Å². The van der Waals surface area contributed by atoms with Crippen molar-refractivity contribution in [2.45, 2.75) is 59.1 Å². The van der Waals surface area contributed by atoms with Crippen LogP contribution >= 0.6 is 0 Å². The smallest absolute Gasteiger partial charge is 0.223 e. The maximum absolute atomic E-state index is 12.0. The Bertz CT molecular complexity index is 253. The lowest BCUT2D eigenvalue weighted by atomic mass is 9.90. The molecule has 1 fully saturated rings. The van der Waals surface area contributed by atoms with E-state index in [2.05, 4.69) is 20.8 Å². The van der Waals surface area contributed by atoms with E-state index in [-0.39, 0.29) is 17.4 Å². The van der Waals surface area contributed by atoms with Gasteiger partial charge in [-0.05, 0) is 25.7 Å². The Balaban J connectivity index is 2.70. The molecule has 1 unspecified atom stereocenters. The number of likely N-dealkylation sites (tertiary alicyclic amines) is 1. The molecule has 1 N–H and O–H groups in total. The largest absolute Gasteiger partial charge is 0.391 e. The molecule has 0 aromatic rings. The summed E-state index contributed by atoms with van der Waals surface area (Å²) in [6.45, 7) is 10.7. The fraction of sp³-hybridized carbons (Fsp3) is 0.917. The first-order valence-corrected chi connectivity index (χ1v) is 5.63. The average molecular weight is 213 g/mol. The molecule has 88 valence electrons. The van der Waals surface area contributed by atoms with E-state index in [0.717, 1.165) is 0 Å².